The van der Waals surface area contributed by atoms with E-state index in [2.05, 4.69) is 23.8 Å². The van der Waals surface area contributed by atoms with Gasteiger partial charge in [0, 0.05) is 31.4 Å². The van der Waals surface area contributed by atoms with Crippen molar-refractivity contribution < 1.29 is 0 Å². The Hall–Kier alpha value is -0.500. The molecule has 2 rings (SSSR count). The van der Waals surface area contributed by atoms with Gasteiger partial charge in [-0.05, 0) is 19.3 Å². The van der Waals surface area contributed by atoms with E-state index in [0.717, 1.165) is 18.6 Å². The van der Waals surface area contributed by atoms with Gasteiger partial charge in [0.05, 0.1) is 0 Å². The molecule has 2 nitrogen and oxygen atoms in total. The second-order valence-corrected chi connectivity index (χ2v) is 3.66. The van der Waals surface area contributed by atoms with Crippen molar-refractivity contribution in [3.8, 4) is 0 Å². The van der Waals surface area contributed by atoms with E-state index in [1.807, 2.05) is 0 Å². The fourth-order valence-corrected chi connectivity index (χ4v) is 2.25. The molecule has 1 saturated heterocycles. The first-order chi connectivity index (χ1) is 5.29. The maximum atomic E-state index is 4.02. The molecule has 0 amide bonds. The smallest absolute Gasteiger partial charge is 0.0437 e. The van der Waals surface area contributed by atoms with Crippen molar-refractivity contribution in [1.29, 1.82) is 0 Å². The van der Waals surface area contributed by atoms with Crippen LogP contribution in [0.2, 0.25) is 0 Å². The summed E-state index contributed by atoms with van der Waals surface area (Å²) in [4.78, 5) is 2.36. The molecule has 2 atom stereocenters. The van der Waals surface area contributed by atoms with Crippen LogP contribution in [0.1, 0.15) is 19.3 Å². The Kier molecular flexibility index (Phi) is 1.64. The van der Waals surface area contributed by atoms with Crippen LogP contribution in [0.3, 0.4) is 0 Å². The van der Waals surface area contributed by atoms with Gasteiger partial charge in [0.25, 0.3) is 0 Å². The Morgan fingerprint density at radius 2 is 2.36 bits per heavy atom. The molecule has 2 heteroatoms. The van der Waals surface area contributed by atoms with Gasteiger partial charge in [0.15, 0.2) is 0 Å². The molecule has 0 aromatic rings. The molecular formula is C9H16N2. The lowest BCUT2D eigenvalue weighted by Crippen LogP contribution is -2.51. The Morgan fingerprint density at radius 3 is 3.18 bits per heavy atom. The highest BCUT2D eigenvalue weighted by Crippen LogP contribution is 2.28. The first kappa shape index (κ1) is 7.17. The average Bonchev–Trinajstić information content (AvgIpc) is 2.45. The van der Waals surface area contributed by atoms with E-state index < -0.39 is 0 Å². The number of rotatable bonds is 0. The Bertz CT molecular complexity index is 176. The normalized spacial score (nSPS) is 37.5. The summed E-state index contributed by atoms with van der Waals surface area (Å²) in [5.74, 6) is 0. The zero-order valence-corrected chi connectivity index (χ0v) is 7.14. The SMILES string of the molecule is C=C1CNC2CCCC2N1C. The number of nitrogens with one attached hydrogen (secondary N) is 1. The minimum atomic E-state index is 0.733. The van der Waals surface area contributed by atoms with Gasteiger partial charge in [-0.25, -0.2) is 0 Å². The highest BCUT2D eigenvalue weighted by atomic mass is 15.2. The molecule has 2 aliphatic rings. The summed E-state index contributed by atoms with van der Waals surface area (Å²) in [7, 11) is 2.17. The van der Waals surface area contributed by atoms with E-state index >= 15 is 0 Å². The van der Waals surface area contributed by atoms with Crippen molar-refractivity contribution in [2.45, 2.75) is 31.3 Å². The lowest BCUT2D eigenvalue weighted by Gasteiger charge is -2.38. The third-order valence-corrected chi connectivity index (χ3v) is 3.04. The number of piperazine rings is 1. The third kappa shape index (κ3) is 1.06. The summed E-state index contributed by atoms with van der Waals surface area (Å²) in [5, 5.41) is 3.52. The van der Waals surface area contributed by atoms with E-state index in [1.165, 1.54) is 25.0 Å². The van der Waals surface area contributed by atoms with E-state index in [9.17, 15) is 0 Å². The first-order valence-electron chi connectivity index (χ1n) is 4.43. The maximum Gasteiger partial charge on any atom is 0.0437 e. The number of nitrogens with zero attached hydrogens (tertiary/aromatic N) is 1. The third-order valence-electron chi connectivity index (χ3n) is 3.04. The zero-order valence-electron chi connectivity index (χ0n) is 7.14. The topological polar surface area (TPSA) is 15.3 Å². The lowest BCUT2D eigenvalue weighted by atomic mass is 10.1. The lowest BCUT2D eigenvalue weighted by molar-refractivity contribution is 0.221. The van der Waals surface area contributed by atoms with Crippen LogP contribution in [0.15, 0.2) is 12.3 Å². The van der Waals surface area contributed by atoms with Crippen LogP contribution in [0.25, 0.3) is 0 Å². The van der Waals surface area contributed by atoms with Gasteiger partial charge in [0.1, 0.15) is 0 Å². The van der Waals surface area contributed by atoms with Crippen molar-refractivity contribution in [3.05, 3.63) is 12.3 Å². The average molecular weight is 152 g/mol. The van der Waals surface area contributed by atoms with E-state index in [0.29, 0.717) is 0 Å². The van der Waals surface area contributed by atoms with Gasteiger partial charge in [-0.2, -0.15) is 0 Å². The van der Waals surface area contributed by atoms with Crippen LogP contribution in [0.5, 0.6) is 0 Å². The predicted molar refractivity (Wildman–Crippen MR) is 46.3 cm³/mol. The number of fused-ring (bicyclic) bond motifs is 1. The summed E-state index contributed by atoms with van der Waals surface area (Å²) in [6, 6.07) is 1.47. The van der Waals surface area contributed by atoms with Crippen LogP contribution in [-0.2, 0) is 0 Å². The van der Waals surface area contributed by atoms with E-state index in [4.69, 9.17) is 0 Å². The van der Waals surface area contributed by atoms with Gasteiger partial charge < -0.3 is 10.2 Å². The van der Waals surface area contributed by atoms with Gasteiger partial charge in [-0.3, -0.25) is 0 Å². The second-order valence-electron chi connectivity index (χ2n) is 3.66. The Morgan fingerprint density at radius 1 is 1.55 bits per heavy atom. The standard InChI is InChI=1S/C9H16N2/c1-7-6-10-8-4-3-5-9(8)11(7)2/h8-10H,1,3-6H2,2H3. The Labute approximate surface area is 68.3 Å². The molecule has 0 bridgehead atoms. The van der Waals surface area contributed by atoms with E-state index in [1.54, 1.807) is 0 Å². The van der Waals surface area contributed by atoms with Crippen molar-refractivity contribution in [3.63, 3.8) is 0 Å². The zero-order chi connectivity index (χ0) is 7.84. The van der Waals surface area contributed by atoms with Gasteiger partial charge >= 0.3 is 0 Å². The van der Waals surface area contributed by atoms with Gasteiger partial charge in [0.2, 0.25) is 0 Å². The number of hydrogen-bond acceptors (Lipinski definition) is 2. The molecule has 0 spiro atoms. The predicted octanol–water partition coefficient (Wildman–Crippen LogP) is 0.956. The van der Waals surface area contributed by atoms with Crippen LogP contribution >= 0.6 is 0 Å². The molecule has 1 heterocycles. The fourth-order valence-electron chi connectivity index (χ4n) is 2.25. The molecular weight excluding hydrogens is 136 g/mol. The fraction of sp³-hybridized carbons (Fsp3) is 0.778. The molecule has 2 unspecified atom stereocenters. The minimum Gasteiger partial charge on any atom is -0.373 e. The van der Waals surface area contributed by atoms with Crippen molar-refractivity contribution in [2.24, 2.45) is 0 Å². The van der Waals surface area contributed by atoms with Crippen molar-refractivity contribution in [1.82, 2.24) is 10.2 Å². The molecule has 1 N–H and O–H groups in total. The number of hydrogen-bond donors (Lipinski definition) is 1. The van der Waals surface area contributed by atoms with Crippen LogP contribution in [0.4, 0.5) is 0 Å². The molecule has 1 aliphatic heterocycles. The summed E-state index contributed by atoms with van der Waals surface area (Å²) in [6.45, 7) is 5.00. The molecule has 0 aromatic carbocycles. The highest BCUT2D eigenvalue weighted by molar-refractivity contribution is 5.07. The molecule has 0 aromatic heterocycles. The molecule has 11 heavy (non-hydrogen) atoms. The molecule has 62 valence electrons. The Balaban J connectivity index is 2.11. The minimum absolute atomic E-state index is 0.733. The van der Waals surface area contributed by atoms with E-state index in [-0.39, 0.29) is 0 Å². The summed E-state index contributed by atoms with van der Waals surface area (Å²) < 4.78 is 0. The van der Waals surface area contributed by atoms with Crippen LogP contribution in [0, 0.1) is 0 Å². The largest absolute Gasteiger partial charge is 0.373 e. The molecule has 2 fully saturated rings. The summed E-state index contributed by atoms with van der Waals surface area (Å²) in [6.07, 6.45) is 4.06. The monoisotopic (exact) mass is 152 g/mol. The van der Waals surface area contributed by atoms with Crippen LogP contribution in [-0.4, -0.2) is 30.6 Å². The van der Waals surface area contributed by atoms with Crippen molar-refractivity contribution >= 4 is 0 Å². The van der Waals surface area contributed by atoms with Crippen molar-refractivity contribution in [2.75, 3.05) is 13.6 Å². The molecule has 1 saturated carbocycles. The maximum absolute atomic E-state index is 4.02. The number of likely N-dealkylation sites (N-methyl/N-ethyl adjacent to an activating group) is 1. The van der Waals surface area contributed by atoms with Crippen LogP contribution < -0.4 is 5.32 Å². The second kappa shape index (κ2) is 2.52. The van der Waals surface area contributed by atoms with Gasteiger partial charge in [-0.1, -0.05) is 6.58 Å². The first-order valence-corrected chi connectivity index (χ1v) is 4.43. The quantitative estimate of drug-likeness (QED) is 0.556. The highest BCUT2D eigenvalue weighted by Gasteiger charge is 2.33. The summed E-state index contributed by atoms with van der Waals surface area (Å²) in [5.41, 5.74) is 1.24. The summed E-state index contributed by atoms with van der Waals surface area (Å²) >= 11 is 0. The molecule has 0 radical (unpaired) electrons. The van der Waals surface area contributed by atoms with Gasteiger partial charge in [-0.15, -0.1) is 0 Å². The molecule has 1 aliphatic carbocycles.